The van der Waals surface area contributed by atoms with Crippen LogP contribution in [0.3, 0.4) is 0 Å². The first-order valence-electron chi connectivity index (χ1n) is 7.84. The molecule has 1 aliphatic rings. The Kier molecular flexibility index (Phi) is 4.63. The molecule has 4 nitrogen and oxygen atoms in total. The maximum absolute atomic E-state index is 6.03. The number of anilines is 1. The SMILES string of the molecule is CCc1nnc(N2CCCC(C)(C)C2)c(CN)c1CC. The van der Waals surface area contributed by atoms with Crippen LogP contribution in [0, 0.1) is 5.41 Å². The molecule has 1 aromatic heterocycles. The van der Waals surface area contributed by atoms with Crippen molar-refractivity contribution in [2.24, 2.45) is 11.1 Å². The average Bonchev–Trinajstić information content (AvgIpc) is 2.44. The quantitative estimate of drug-likeness (QED) is 0.918. The van der Waals surface area contributed by atoms with Crippen LogP contribution in [0.15, 0.2) is 0 Å². The number of nitrogens with zero attached hydrogens (tertiary/aromatic N) is 3. The lowest BCUT2D eigenvalue weighted by Crippen LogP contribution is -2.41. The summed E-state index contributed by atoms with van der Waals surface area (Å²) < 4.78 is 0. The summed E-state index contributed by atoms with van der Waals surface area (Å²) in [7, 11) is 0. The first-order valence-corrected chi connectivity index (χ1v) is 7.84. The fourth-order valence-corrected chi connectivity index (χ4v) is 3.31. The summed E-state index contributed by atoms with van der Waals surface area (Å²) in [5, 5.41) is 8.97. The molecule has 0 aliphatic carbocycles. The Morgan fingerprint density at radius 3 is 2.45 bits per heavy atom. The van der Waals surface area contributed by atoms with E-state index in [1.54, 1.807) is 0 Å². The van der Waals surface area contributed by atoms with Gasteiger partial charge in [-0.05, 0) is 36.7 Å². The standard InChI is InChI=1S/C16H28N4/c1-5-12-13(10-17)15(19-18-14(12)6-2)20-9-7-8-16(3,4)11-20/h5-11,17H2,1-4H3. The van der Waals surface area contributed by atoms with Crippen molar-refractivity contribution in [2.75, 3.05) is 18.0 Å². The van der Waals surface area contributed by atoms with Gasteiger partial charge in [0.1, 0.15) is 0 Å². The topological polar surface area (TPSA) is 55.0 Å². The van der Waals surface area contributed by atoms with Crippen molar-refractivity contribution in [2.45, 2.75) is 59.9 Å². The molecule has 1 fully saturated rings. The Labute approximate surface area is 122 Å². The summed E-state index contributed by atoms with van der Waals surface area (Å²) in [5.74, 6) is 1.02. The Morgan fingerprint density at radius 2 is 1.90 bits per heavy atom. The van der Waals surface area contributed by atoms with E-state index in [-0.39, 0.29) is 0 Å². The molecular weight excluding hydrogens is 248 g/mol. The van der Waals surface area contributed by atoms with Gasteiger partial charge in [-0.2, -0.15) is 5.10 Å². The van der Waals surface area contributed by atoms with Crippen LogP contribution in [-0.4, -0.2) is 23.3 Å². The molecule has 2 N–H and O–H groups in total. The highest BCUT2D eigenvalue weighted by molar-refractivity contribution is 5.52. The fraction of sp³-hybridized carbons (Fsp3) is 0.750. The van der Waals surface area contributed by atoms with Crippen LogP contribution in [0.2, 0.25) is 0 Å². The summed E-state index contributed by atoms with van der Waals surface area (Å²) in [6.07, 6.45) is 4.41. The highest BCUT2D eigenvalue weighted by atomic mass is 15.3. The van der Waals surface area contributed by atoms with Crippen molar-refractivity contribution in [3.05, 3.63) is 16.8 Å². The molecule has 1 aromatic rings. The molecule has 2 rings (SSSR count). The Hall–Kier alpha value is -1.16. The lowest BCUT2D eigenvalue weighted by Gasteiger charge is -2.39. The van der Waals surface area contributed by atoms with Crippen LogP contribution in [0.25, 0.3) is 0 Å². The van der Waals surface area contributed by atoms with E-state index < -0.39 is 0 Å². The van der Waals surface area contributed by atoms with Crippen LogP contribution in [0.5, 0.6) is 0 Å². The monoisotopic (exact) mass is 276 g/mol. The van der Waals surface area contributed by atoms with Crippen LogP contribution in [0.4, 0.5) is 5.82 Å². The van der Waals surface area contributed by atoms with Crippen molar-refractivity contribution in [3.63, 3.8) is 0 Å². The molecule has 4 heteroatoms. The second-order valence-corrected chi connectivity index (χ2v) is 6.53. The van der Waals surface area contributed by atoms with Gasteiger partial charge in [0.2, 0.25) is 0 Å². The number of aromatic nitrogens is 2. The number of hydrogen-bond acceptors (Lipinski definition) is 4. The second-order valence-electron chi connectivity index (χ2n) is 6.53. The maximum atomic E-state index is 6.03. The largest absolute Gasteiger partial charge is 0.354 e. The Morgan fingerprint density at radius 1 is 1.15 bits per heavy atom. The fourth-order valence-electron chi connectivity index (χ4n) is 3.31. The number of nitrogens with two attached hydrogens (primary N) is 1. The van der Waals surface area contributed by atoms with Gasteiger partial charge in [-0.25, -0.2) is 0 Å². The van der Waals surface area contributed by atoms with Gasteiger partial charge in [0.05, 0.1) is 5.69 Å². The van der Waals surface area contributed by atoms with Gasteiger partial charge in [-0.3, -0.25) is 0 Å². The number of rotatable bonds is 4. The molecule has 112 valence electrons. The van der Waals surface area contributed by atoms with E-state index in [1.165, 1.54) is 24.0 Å². The summed E-state index contributed by atoms with van der Waals surface area (Å²) in [5.41, 5.74) is 10.00. The lowest BCUT2D eigenvalue weighted by molar-refractivity contribution is 0.291. The predicted molar refractivity (Wildman–Crippen MR) is 83.9 cm³/mol. The molecule has 0 amide bonds. The van der Waals surface area contributed by atoms with Gasteiger partial charge in [0.25, 0.3) is 0 Å². The molecule has 0 spiro atoms. The van der Waals surface area contributed by atoms with Crippen molar-refractivity contribution >= 4 is 5.82 Å². The van der Waals surface area contributed by atoms with E-state index in [0.717, 1.165) is 37.4 Å². The lowest BCUT2D eigenvalue weighted by atomic mass is 9.84. The zero-order chi connectivity index (χ0) is 14.8. The van der Waals surface area contributed by atoms with Crippen molar-refractivity contribution in [1.29, 1.82) is 0 Å². The third-order valence-electron chi connectivity index (χ3n) is 4.34. The van der Waals surface area contributed by atoms with E-state index in [9.17, 15) is 0 Å². The second kappa shape index (κ2) is 6.08. The Bertz CT molecular complexity index is 468. The van der Waals surface area contributed by atoms with Crippen molar-refractivity contribution in [1.82, 2.24) is 10.2 Å². The van der Waals surface area contributed by atoms with E-state index in [4.69, 9.17) is 5.73 Å². The summed E-state index contributed by atoms with van der Waals surface area (Å²) in [6.45, 7) is 11.6. The molecule has 1 aliphatic heterocycles. The van der Waals surface area contributed by atoms with E-state index in [2.05, 4.69) is 42.8 Å². The van der Waals surface area contributed by atoms with Crippen LogP contribution in [-0.2, 0) is 19.4 Å². The molecule has 0 aromatic carbocycles. The Balaban J connectivity index is 2.41. The first-order chi connectivity index (χ1) is 9.52. The molecule has 0 radical (unpaired) electrons. The van der Waals surface area contributed by atoms with E-state index >= 15 is 0 Å². The molecule has 20 heavy (non-hydrogen) atoms. The minimum absolute atomic E-state index is 0.349. The summed E-state index contributed by atoms with van der Waals surface area (Å²) in [6, 6.07) is 0. The molecule has 0 bridgehead atoms. The van der Waals surface area contributed by atoms with Crippen LogP contribution >= 0.6 is 0 Å². The minimum Gasteiger partial charge on any atom is -0.354 e. The third-order valence-corrected chi connectivity index (χ3v) is 4.34. The van der Waals surface area contributed by atoms with Crippen molar-refractivity contribution in [3.8, 4) is 0 Å². The third kappa shape index (κ3) is 2.95. The van der Waals surface area contributed by atoms with Crippen LogP contribution < -0.4 is 10.6 Å². The van der Waals surface area contributed by atoms with Gasteiger partial charge < -0.3 is 10.6 Å². The predicted octanol–water partition coefficient (Wildman–Crippen LogP) is 2.69. The molecule has 1 saturated heterocycles. The number of aryl methyl sites for hydroxylation is 1. The first kappa shape index (κ1) is 15.2. The molecule has 0 atom stereocenters. The smallest absolute Gasteiger partial charge is 0.156 e. The van der Waals surface area contributed by atoms with Gasteiger partial charge in [-0.1, -0.05) is 27.7 Å². The van der Waals surface area contributed by atoms with Crippen LogP contribution in [0.1, 0.15) is 57.4 Å². The zero-order valence-corrected chi connectivity index (χ0v) is 13.4. The highest BCUT2D eigenvalue weighted by Crippen LogP contribution is 2.33. The summed E-state index contributed by atoms with van der Waals surface area (Å²) in [4.78, 5) is 2.39. The molecular formula is C16H28N4. The number of piperidine rings is 1. The van der Waals surface area contributed by atoms with Crippen molar-refractivity contribution < 1.29 is 0 Å². The average molecular weight is 276 g/mol. The molecule has 0 unspecified atom stereocenters. The van der Waals surface area contributed by atoms with Gasteiger partial charge in [0.15, 0.2) is 5.82 Å². The minimum atomic E-state index is 0.349. The number of hydrogen-bond donors (Lipinski definition) is 1. The zero-order valence-electron chi connectivity index (χ0n) is 13.4. The van der Waals surface area contributed by atoms with Gasteiger partial charge in [0, 0.05) is 25.2 Å². The van der Waals surface area contributed by atoms with E-state index in [0.29, 0.717) is 12.0 Å². The highest BCUT2D eigenvalue weighted by Gasteiger charge is 2.29. The molecule has 0 saturated carbocycles. The maximum Gasteiger partial charge on any atom is 0.156 e. The molecule has 2 heterocycles. The summed E-state index contributed by atoms with van der Waals surface area (Å²) >= 11 is 0. The van der Waals surface area contributed by atoms with Gasteiger partial charge in [-0.15, -0.1) is 5.10 Å². The van der Waals surface area contributed by atoms with E-state index in [1.807, 2.05) is 0 Å². The normalized spacial score (nSPS) is 18.4. The van der Waals surface area contributed by atoms with Gasteiger partial charge >= 0.3 is 0 Å².